The molecule has 1 amide bonds. The number of aryl methyl sites for hydroxylation is 1. The minimum absolute atomic E-state index is 0.0745. The van der Waals surface area contributed by atoms with E-state index < -0.39 is 0 Å². The van der Waals surface area contributed by atoms with Crippen molar-refractivity contribution in [2.45, 2.75) is 25.9 Å². The molecule has 112 valence electrons. The summed E-state index contributed by atoms with van der Waals surface area (Å²) in [5, 5.41) is 9.95. The molecule has 0 bridgehead atoms. The molecule has 1 saturated carbocycles. The Morgan fingerprint density at radius 1 is 1.52 bits per heavy atom. The molecule has 1 aliphatic heterocycles. The molecular weight excluding hydrogens is 284 g/mol. The summed E-state index contributed by atoms with van der Waals surface area (Å²) in [6, 6.07) is 1.91. The predicted molar refractivity (Wildman–Crippen MR) is 83.1 cm³/mol. The number of hydrogen-bond acceptors (Lipinski definition) is 4. The van der Waals surface area contributed by atoms with Crippen molar-refractivity contribution in [3.63, 3.8) is 0 Å². The van der Waals surface area contributed by atoms with Gasteiger partial charge in [0.1, 0.15) is 0 Å². The van der Waals surface area contributed by atoms with Gasteiger partial charge >= 0.3 is 0 Å². The van der Waals surface area contributed by atoms with Crippen LogP contribution in [0.3, 0.4) is 0 Å². The Bertz CT molecular complexity index is 614. The topological polar surface area (TPSA) is 66.6 Å². The first-order chi connectivity index (χ1) is 10.1. The van der Waals surface area contributed by atoms with Gasteiger partial charge in [-0.1, -0.05) is 11.8 Å². The highest BCUT2D eigenvalue weighted by atomic mass is 32.1. The first-order valence-electron chi connectivity index (χ1n) is 7.37. The quantitative estimate of drug-likeness (QED) is 0.766. The number of amides is 1. The summed E-state index contributed by atoms with van der Waals surface area (Å²) in [6.07, 6.45) is 1.68. The second-order valence-electron chi connectivity index (χ2n) is 5.91. The highest BCUT2D eigenvalue weighted by molar-refractivity contribution is 7.14. The van der Waals surface area contributed by atoms with Crippen molar-refractivity contribution in [2.75, 3.05) is 19.6 Å². The Morgan fingerprint density at radius 3 is 3.05 bits per heavy atom. The number of aliphatic hydroxyl groups excluding tert-OH is 1. The zero-order valence-electron chi connectivity index (χ0n) is 12.1. The molecular formula is C16H20N2O2S. The van der Waals surface area contributed by atoms with Crippen LogP contribution in [0.4, 0.5) is 0 Å². The van der Waals surface area contributed by atoms with Gasteiger partial charge < -0.3 is 15.7 Å². The fourth-order valence-electron chi connectivity index (χ4n) is 3.40. The molecule has 3 N–H and O–H groups in total. The summed E-state index contributed by atoms with van der Waals surface area (Å²) in [5.74, 6) is 6.67. The minimum atomic E-state index is -0.233. The largest absolute Gasteiger partial charge is 0.393 e. The maximum Gasteiger partial charge on any atom is 0.263 e. The Balaban J connectivity index is 1.74. The van der Waals surface area contributed by atoms with E-state index in [9.17, 15) is 9.90 Å². The molecule has 3 atom stereocenters. The Hall–Kier alpha value is -1.35. The second kappa shape index (κ2) is 5.80. The summed E-state index contributed by atoms with van der Waals surface area (Å²) in [5.41, 5.74) is 6.42. The van der Waals surface area contributed by atoms with Crippen molar-refractivity contribution in [3.05, 3.63) is 21.4 Å². The molecule has 1 aliphatic carbocycles. The third-order valence-electron chi connectivity index (χ3n) is 4.54. The molecule has 2 heterocycles. The van der Waals surface area contributed by atoms with Gasteiger partial charge in [-0.25, -0.2) is 0 Å². The van der Waals surface area contributed by atoms with Gasteiger partial charge in [-0.15, -0.1) is 11.3 Å². The average Bonchev–Trinajstić information content (AvgIpc) is 3.13. The lowest BCUT2D eigenvalue weighted by molar-refractivity contribution is 0.0757. The number of likely N-dealkylation sites (tertiary alicyclic amines) is 1. The highest BCUT2D eigenvalue weighted by Crippen LogP contribution is 2.39. The molecule has 1 aromatic heterocycles. The number of carbonyl (C=O) groups is 1. The van der Waals surface area contributed by atoms with Gasteiger partial charge in [-0.3, -0.25) is 4.79 Å². The monoisotopic (exact) mass is 304 g/mol. The summed E-state index contributed by atoms with van der Waals surface area (Å²) in [4.78, 5) is 16.2. The van der Waals surface area contributed by atoms with Gasteiger partial charge in [0, 0.05) is 19.0 Å². The fourth-order valence-corrected chi connectivity index (χ4v) is 4.42. The van der Waals surface area contributed by atoms with E-state index in [2.05, 4.69) is 11.8 Å². The number of nitrogens with zero attached hydrogens (tertiary/aromatic N) is 1. The molecule has 5 heteroatoms. The van der Waals surface area contributed by atoms with Crippen molar-refractivity contribution in [3.8, 4) is 11.8 Å². The highest BCUT2D eigenvalue weighted by Gasteiger charge is 2.43. The van der Waals surface area contributed by atoms with Crippen molar-refractivity contribution in [1.29, 1.82) is 0 Å². The number of nitrogens with two attached hydrogens (primary N) is 1. The second-order valence-corrected chi connectivity index (χ2v) is 6.96. The van der Waals surface area contributed by atoms with E-state index in [0.717, 1.165) is 34.7 Å². The Labute approximate surface area is 128 Å². The van der Waals surface area contributed by atoms with Crippen molar-refractivity contribution in [1.82, 2.24) is 4.90 Å². The smallest absolute Gasteiger partial charge is 0.263 e. The van der Waals surface area contributed by atoms with Gasteiger partial charge in [0.05, 0.1) is 22.4 Å². The van der Waals surface area contributed by atoms with Gasteiger partial charge in [0.25, 0.3) is 5.91 Å². The number of thiophene rings is 1. The van der Waals surface area contributed by atoms with Gasteiger partial charge in [0.2, 0.25) is 0 Å². The molecule has 21 heavy (non-hydrogen) atoms. The van der Waals surface area contributed by atoms with E-state index in [1.165, 1.54) is 11.3 Å². The van der Waals surface area contributed by atoms with Gasteiger partial charge in [-0.05, 0) is 37.3 Å². The summed E-state index contributed by atoms with van der Waals surface area (Å²) in [7, 11) is 0. The summed E-state index contributed by atoms with van der Waals surface area (Å²) >= 11 is 1.44. The van der Waals surface area contributed by atoms with E-state index in [-0.39, 0.29) is 17.9 Å². The van der Waals surface area contributed by atoms with Gasteiger partial charge in [-0.2, -0.15) is 0 Å². The van der Waals surface area contributed by atoms with Crippen molar-refractivity contribution >= 4 is 17.2 Å². The van der Waals surface area contributed by atoms with Crippen LogP contribution in [0.2, 0.25) is 0 Å². The Morgan fingerprint density at radius 2 is 2.33 bits per heavy atom. The molecule has 0 spiro atoms. The number of carbonyl (C=O) groups excluding carboxylic acids is 1. The zero-order chi connectivity index (χ0) is 15.0. The van der Waals surface area contributed by atoms with E-state index in [1.807, 2.05) is 17.9 Å². The lowest BCUT2D eigenvalue weighted by Gasteiger charge is -2.17. The predicted octanol–water partition coefficient (Wildman–Crippen LogP) is 1.21. The van der Waals surface area contributed by atoms with Gasteiger partial charge in [0.15, 0.2) is 0 Å². The molecule has 0 aromatic carbocycles. The fraction of sp³-hybridized carbons (Fsp3) is 0.562. The number of rotatable bonds is 1. The molecule has 4 nitrogen and oxygen atoms in total. The van der Waals surface area contributed by atoms with E-state index in [4.69, 9.17) is 5.73 Å². The SMILES string of the molecule is Cc1cc(C(=O)N2CC3CCC(O)C3C2)sc1C#CCN. The lowest BCUT2D eigenvalue weighted by Crippen LogP contribution is -2.30. The van der Waals surface area contributed by atoms with Crippen LogP contribution >= 0.6 is 11.3 Å². The van der Waals surface area contributed by atoms with E-state index in [1.54, 1.807) is 0 Å². The summed E-state index contributed by atoms with van der Waals surface area (Å²) in [6.45, 7) is 3.76. The first kappa shape index (κ1) is 14.6. The van der Waals surface area contributed by atoms with Crippen LogP contribution in [0, 0.1) is 30.6 Å². The zero-order valence-corrected chi connectivity index (χ0v) is 12.9. The first-order valence-corrected chi connectivity index (χ1v) is 8.18. The molecule has 1 aromatic rings. The maximum atomic E-state index is 12.6. The van der Waals surface area contributed by atoms with Crippen LogP contribution in [0.15, 0.2) is 6.07 Å². The molecule has 0 radical (unpaired) electrons. The third kappa shape index (κ3) is 2.71. The molecule has 2 fully saturated rings. The van der Waals surface area contributed by atoms with E-state index in [0.29, 0.717) is 19.0 Å². The van der Waals surface area contributed by atoms with Crippen LogP contribution in [-0.2, 0) is 0 Å². The lowest BCUT2D eigenvalue weighted by atomic mass is 10.00. The van der Waals surface area contributed by atoms with Crippen LogP contribution in [0.5, 0.6) is 0 Å². The Kier molecular flexibility index (Phi) is 4.03. The number of aliphatic hydroxyl groups is 1. The normalized spacial score (nSPS) is 27.4. The van der Waals surface area contributed by atoms with E-state index >= 15 is 0 Å². The molecule has 1 saturated heterocycles. The van der Waals surface area contributed by atoms with Crippen molar-refractivity contribution < 1.29 is 9.90 Å². The van der Waals surface area contributed by atoms with Crippen LogP contribution in [0.1, 0.15) is 33.0 Å². The minimum Gasteiger partial charge on any atom is -0.393 e. The maximum absolute atomic E-state index is 12.6. The third-order valence-corrected chi connectivity index (χ3v) is 5.68. The molecule has 2 aliphatic rings. The number of fused-ring (bicyclic) bond motifs is 1. The standard InChI is InChI=1S/C16H20N2O2S/c1-10-7-15(21-14(10)3-2-6-17)16(20)18-8-11-4-5-13(19)12(11)9-18/h7,11-13,19H,4-6,8-9,17H2,1H3. The number of hydrogen-bond donors (Lipinski definition) is 2. The van der Waals surface area contributed by atoms with Crippen molar-refractivity contribution in [2.24, 2.45) is 17.6 Å². The average molecular weight is 304 g/mol. The van der Waals surface area contributed by atoms with Crippen LogP contribution in [0.25, 0.3) is 0 Å². The van der Waals surface area contributed by atoms with Crippen LogP contribution < -0.4 is 5.73 Å². The molecule has 3 unspecified atom stereocenters. The molecule has 3 rings (SSSR count). The van der Waals surface area contributed by atoms with Crippen LogP contribution in [-0.4, -0.2) is 41.7 Å². The summed E-state index contributed by atoms with van der Waals surface area (Å²) < 4.78 is 0.